The van der Waals surface area contributed by atoms with Crippen molar-refractivity contribution in [2.45, 2.75) is 26.3 Å². The van der Waals surface area contributed by atoms with Crippen molar-refractivity contribution in [2.75, 3.05) is 45.2 Å². The number of benzene rings is 1. The van der Waals surface area contributed by atoms with E-state index in [0.29, 0.717) is 13.1 Å². The molecule has 2 aliphatic heterocycles. The first-order valence-corrected chi connectivity index (χ1v) is 10.3. The van der Waals surface area contributed by atoms with Gasteiger partial charge in [0.05, 0.1) is 13.7 Å². The minimum Gasteiger partial charge on any atom is -0.497 e. The van der Waals surface area contributed by atoms with E-state index in [9.17, 15) is 0 Å². The molecular weight excluding hydrogens is 378 g/mol. The first kappa shape index (κ1) is 20.3. The largest absolute Gasteiger partial charge is 0.497 e. The molecule has 2 aliphatic rings. The van der Waals surface area contributed by atoms with E-state index < -0.39 is 0 Å². The van der Waals surface area contributed by atoms with Crippen molar-refractivity contribution >= 4 is 12.1 Å². The molecular formula is C22H29N7O. The van der Waals surface area contributed by atoms with Crippen LogP contribution in [0.25, 0.3) is 6.20 Å². The summed E-state index contributed by atoms with van der Waals surface area (Å²) in [4.78, 5) is 14.2. The Kier molecular flexibility index (Phi) is 6.21. The molecule has 0 radical (unpaired) electrons. The lowest BCUT2D eigenvalue weighted by Crippen LogP contribution is -2.48. The number of nitrogens with one attached hydrogen (secondary N) is 2. The minimum atomic E-state index is -0.170. The lowest BCUT2D eigenvalue weighted by Gasteiger charge is -2.28. The molecule has 8 heteroatoms. The number of imidazole rings is 1. The maximum Gasteiger partial charge on any atom is 0.209 e. The molecule has 1 unspecified atom stereocenters. The van der Waals surface area contributed by atoms with Gasteiger partial charge in [0.2, 0.25) is 5.95 Å². The SMILES string of the molecule is CC#CCn1c(N2CCNCC2)nc2c1=CN(C)C(NCc1ccc(OC)cc1)N=2. The highest BCUT2D eigenvalue weighted by molar-refractivity contribution is 5.36. The number of piperazine rings is 1. The van der Waals surface area contributed by atoms with Gasteiger partial charge in [-0.3, -0.25) is 9.88 Å². The molecule has 4 rings (SSSR count). The molecule has 2 N–H and O–H groups in total. The van der Waals surface area contributed by atoms with Crippen LogP contribution in [0.15, 0.2) is 29.3 Å². The molecule has 1 aromatic carbocycles. The lowest BCUT2D eigenvalue weighted by molar-refractivity contribution is 0.293. The Bertz CT molecular complexity index is 1040. The monoisotopic (exact) mass is 407 g/mol. The van der Waals surface area contributed by atoms with E-state index in [1.807, 2.05) is 26.1 Å². The van der Waals surface area contributed by atoms with E-state index in [1.165, 1.54) is 5.56 Å². The van der Waals surface area contributed by atoms with Crippen molar-refractivity contribution in [3.05, 3.63) is 40.7 Å². The van der Waals surface area contributed by atoms with Crippen LogP contribution in [0, 0.1) is 11.8 Å². The summed E-state index contributed by atoms with van der Waals surface area (Å²) in [6, 6.07) is 8.06. The number of hydrogen-bond donors (Lipinski definition) is 2. The Morgan fingerprint density at radius 3 is 2.70 bits per heavy atom. The summed E-state index contributed by atoms with van der Waals surface area (Å²) in [5.41, 5.74) is 1.95. The fourth-order valence-electron chi connectivity index (χ4n) is 3.70. The molecule has 1 fully saturated rings. The molecule has 0 saturated carbocycles. The molecule has 30 heavy (non-hydrogen) atoms. The molecule has 0 amide bonds. The van der Waals surface area contributed by atoms with Gasteiger partial charge in [0.15, 0.2) is 11.8 Å². The number of ether oxygens (including phenoxy) is 1. The smallest absolute Gasteiger partial charge is 0.209 e. The van der Waals surface area contributed by atoms with Gasteiger partial charge in [-0.2, -0.15) is 4.98 Å². The van der Waals surface area contributed by atoms with Crippen LogP contribution in [0.4, 0.5) is 5.95 Å². The third-order valence-corrected chi connectivity index (χ3v) is 5.39. The first-order valence-electron chi connectivity index (χ1n) is 10.3. The number of nitrogens with zero attached hydrogens (tertiary/aromatic N) is 5. The van der Waals surface area contributed by atoms with Gasteiger partial charge >= 0.3 is 0 Å². The first-order chi connectivity index (χ1) is 14.7. The van der Waals surface area contributed by atoms with E-state index in [4.69, 9.17) is 14.7 Å². The summed E-state index contributed by atoms with van der Waals surface area (Å²) in [6.45, 7) is 6.98. The predicted octanol–water partition coefficient (Wildman–Crippen LogP) is -0.299. The quantitative estimate of drug-likeness (QED) is 0.641. The molecule has 3 heterocycles. The Morgan fingerprint density at radius 2 is 2.00 bits per heavy atom. The molecule has 0 aliphatic carbocycles. The van der Waals surface area contributed by atoms with Gasteiger partial charge < -0.3 is 19.9 Å². The van der Waals surface area contributed by atoms with E-state index in [0.717, 1.165) is 48.7 Å². The van der Waals surface area contributed by atoms with E-state index in [2.05, 4.69) is 55.2 Å². The number of aromatic nitrogens is 2. The predicted molar refractivity (Wildman–Crippen MR) is 117 cm³/mol. The third-order valence-electron chi connectivity index (χ3n) is 5.39. The van der Waals surface area contributed by atoms with Gasteiger partial charge in [0, 0.05) is 46.0 Å². The summed E-state index contributed by atoms with van der Waals surface area (Å²) in [5.74, 6) is 8.00. The molecule has 8 nitrogen and oxygen atoms in total. The number of hydrogen-bond acceptors (Lipinski definition) is 7. The highest BCUT2D eigenvalue weighted by atomic mass is 16.5. The van der Waals surface area contributed by atoms with Crippen molar-refractivity contribution < 1.29 is 4.74 Å². The Hall–Kier alpha value is -3.02. The lowest BCUT2D eigenvalue weighted by atomic mass is 10.2. The molecule has 158 valence electrons. The molecule has 2 aromatic rings. The van der Waals surface area contributed by atoms with Gasteiger partial charge in [-0.05, 0) is 24.6 Å². The zero-order valence-electron chi connectivity index (χ0n) is 17.9. The van der Waals surface area contributed by atoms with Crippen LogP contribution in [0.3, 0.4) is 0 Å². The molecule has 1 atom stereocenters. The fourth-order valence-corrected chi connectivity index (χ4v) is 3.70. The van der Waals surface area contributed by atoms with Crippen LogP contribution in [0.1, 0.15) is 12.5 Å². The Labute approximate surface area is 177 Å². The number of methoxy groups -OCH3 is 1. The fraction of sp³-hybridized carbons (Fsp3) is 0.455. The Morgan fingerprint density at radius 1 is 1.23 bits per heavy atom. The summed E-state index contributed by atoms with van der Waals surface area (Å²) in [5, 5.41) is 7.91. The van der Waals surface area contributed by atoms with Gasteiger partial charge in [-0.15, -0.1) is 5.92 Å². The molecule has 0 spiro atoms. The number of fused-ring (bicyclic) bond motifs is 1. The second kappa shape index (κ2) is 9.20. The van der Waals surface area contributed by atoms with Crippen molar-refractivity contribution in [2.24, 2.45) is 4.99 Å². The van der Waals surface area contributed by atoms with Crippen LogP contribution in [0.2, 0.25) is 0 Å². The maximum atomic E-state index is 5.23. The summed E-state index contributed by atoms with van der Waals surface area (Å²) < 4.78 is 7.41. The number of anilines is 1. The van der Waals surface area contributed by atoms with E-state index in [-0.39, 0.29) is 6.29 Å². The second-order valence-electron chi connectivity index (χ2n) is 7.40. The van der Waals surface area contributed by atoms with Crippen LogP contribution in [0.5, 0.6) is 5.75 Å². The van der Waals surface area contributed by atoms with Crippen molar-refractivity contribution in [3.8, 4) is 17.6 Å². The van der Waals surface area contributed by atoms with Gasteiger partial charge in [0.1, 0.15) is 11.1 Å². The second-order valence-corrected chi connectivity index (χ2v) is 7.40. The van der Waals surface area contributed by atoms with Crippen LogP contribution < -0.4 is 31.1 Å². The Balaban J connectivity index is 1.59. The van der Waals surface area contributed by atoms with Gasteiger partial charge in [0.25, 0.3) is 0 Å². The average molecular weight is 408 g/mol. The van der Waals surface area contributed by atoms with Gasteiger partial charge in [-0.25, -0.2) is 4.99 Å². The van der Waals surface area contributed by atoms with Gasteiger partial charge in [-0.1, -0.05) is 18.1 Å². The van der Waals surface area contributed by atoms with Crippen LogP contribution >= 0.6 is 0 Å². The van der Waals surface area contributed by atoms with Crippen molar-refractivity contribution in [1.82, 2.24) is 25.1 Å². The highest BCUT2D eigenvalue weighted by Crippen LogP contribution is 2.12. The van der Waals surface area contributed by atoms with Crippen LogP contribution in [-0.4, -0.2) is 61.1 Å². The normalized spacial score (nSPS) is 18.0. The van der Waals surface area contributed by atoms with Crippen molar-refractivity contribution in [3.63, 3.8) is 0 Å². The molecule has 1 saturated heterocycles. The molecule has 0 bridgehead atoms. The van der Waals surface area contributed by atoms with Crippen LogP contribution in [-0.2, 0) is 13.1 Å². The average Bonchev–Trinajstić information content (AvgIpc) is 3.14. The topological polar surface area (TPSA) is 70.0 Å². The summed E-state index contributed by atoms with van der Waals surface area (Å²) in [6.07, 6.45) is 1.94. The number of rotatable bonds is 6. The highest BCUT2D eigenvalue weighted by Gasteiger charge is 2.22. The molecule has 1 aromatic heterocycles. The zero-order chi connectivity index (χ0) is 20.9. The maximum absolute atomic E-state index is 5.23. The van der Waals surface area contributed by atoms with Crippen molar-refractivity contribution in [1.29, 1.82) is 0 Å². The van der Waals surface area contributed by atoms with E-state index in [1.54, 1.807) is 7.11 Å². The standard InChI is InChI=1S/C22H29N7O/c1-4-5-12-29-19-16-27(2)21(24-15-17-6-8-18(30-3)9-7-17)25-20(19)26-22(29)28-13-10-23-11-14-28/h6-9,16,21,23-24H,10-15H2,1-3H3. The summed E-state index contributed by atoms with van der Waals surface area (Å²) in [7, 11) is 3.71. The summed E-state index contributed by atoms with van der Waals surface area (Å²) >= 11 is 0. The zero-order valence-corrected chi connectivity index (χ0v) is 17.9. The van der Waals surface area contributed by atoms with E-state index >= 15 is 0 Å². The minimum absolute atomic E-state index is 0.170. The third kappa shape index (κ3) is 4.27.